The third-order valence-electron chi connectivity index (χ3n) is 4.28. The maximum atomic E-state index is 13.8. The Morgan fingerprint density at radius 2 is 1.54 bits per heavy atom. The van der Waals surface area contributed by atoms with Gasteiger partial charge < -0.3 is 0 Å². The summed E-state index contributed by atoms with van der Waals surface area (Å²) in [7, 11) is -3.88. The second-order valence-corrected chi connectivity index (χ2v) is 7.72. The summed E-state index contributed by atoms with van der Waals surface area (Å²) in [5, 5.41) is 0. The number of carbonyl (C=O) groups is 2. The van der Waals surface area contributed by atoms with Gasteiger partial charge >= 0.3 is 0 Å². The minimum atomic E-state index is -3.88. The predicted molar refractivity (Wildman–Crippen MR) is 82.7 cm³/mol. The minimum Gasteiger partial charge on any atom is -0.283 e. The van der Waals surface area contributed by atoms with Crippen molar-refractivity contribution in [3.63, 3.8) is 0 Å². The zero-order chi connectivity index (χ0) is 17.3. The molecule has 130 valence electrons. The van der Waals surface area contributed by atoms with E-state index in [0.29, 0.717) is 13.1 Å². The second kappa shape index (κ2) is 6.58. The van der Waals surface area contributed by atoms with Gasteiger partial charge in [-0.15, -0.1) is 0 Å². The lowest BCUT2D eigenvalue weighted by molar-refractivity contribution is -0.141. The molecule has 2 heterocycles. The maximum Gasteiger partial charge on any atom is 0.246 e. The van der Waals surface area contributed by atoms with Gasteiger partial charge in [0.2, 0.25) is 21.8 Å². The molecule has 0 N–H and O–H groups in total. The zero-order valence-corrected chi connectivity index (χ0v) is 13.8. The fraction of sp³-hybridized carbons (Fsp3) is 0.467. The summed E-state index contributed by atoms with van der Waals surface area (Å²) >= 11 is 0. The van der Waals surface area contributed by atoms with Crippen molar-refractivity contribution in [3.8, 4) is 0 Å². The highest BCUT2D eigenvalue weighted by molar-refractivity contribution is 7.89. The number of hydrogen-bond acceptors (Lipinski definition) is 5. The fourth-order valence-electron chi connectivity index (χ4n) is 2.88. The lowest BCUT2D eigenvalue weighted by Crippen LogP contribution is -2.52. The SMILES string of the molecule is O=C1CCC(=O)N1CN1CCN(S(=O)(=O)c2ccccc2F)CC1. The summed E-state index contributed by atoms with van der Waals surface area (Å²) in [6, 6.07) is 5.29. The summed E-state index contributed by atoms with van der Waals surface area (Å²) in [6.45, 7) is 1.32. The van der Waals surface area contributed by atoms with Crippen molar-refractivity contribution in [2.45, 2.75) is 17.7 Å². The largest absolute Gasteiger partial charge is 0.283 e. The van der Waals surface area contributed by atoms with E-state index in [1.54, 1.807) is 0 Å². The van der Waals surface area contributed by atoms with Crippen LogP contribution in [0.3, 0.4) is 0 Å². The average Bonchev–Trinajstić information content (AvgIpc) is 2.87. The molecule has 1 aromatic rings. The van der Waals surface area contributed by atoms with Gasteiger partial charge in [0.05, 0.1) is 6.67 Å². The number of piperazine rings is 1. The molecule has 3 rings (SSSR count). The molecule has 0 unspecified atom stereocenters. The third-order valence-corrected chi connectivity index (χ3v) is 6.21. The number of hydrogen-bond donors (Lipinski definition) is 0. The average molecular weight is 355 g/mol. The molecule has 0 radical (unpaired) electrons. The molecule has 2 fully saturated rings. The van der Waals surface area contributed by atoms with Crippen LogP contribution < -0.4 is 0 Å². The summed E-state index contributed by atoms with van der Waals surface area (Å²) in [5.74, 6) is -1.16. The Balaban J connectivity index is 1.64. The Labute approximate surface area is 139 Å². The number of sulfonamides is 1. The van der Waals surface area contributed by atoms with Gasteiger partial charge in [-0.25, -0.2) is 12.8 Å². The lowest BCUT2D eigenvalue weighted by Gasteiger charge is -2.35. The summed E-state index contributed by atoms with van der Waals surface area (Å²) in [4.78, 5) is 26.0. The molecule has 1 aromatic carbocycles. The number of halogens is 1. The standard InChI is InChI=1S/C15H18FN3O4S/c16-12-3-1-2-4-13(12)24(22,23)18-9-7-17(8-10-18)11-19-14(20)5-6-15(19)21/h1-4H,5-11H2. The number of nitrogens with zero attached hydrogens (tertiary/aromatic N) is 3. The molecule has 0 aliphatic carbocycles. The number of benzene rings is 1. The second-order valence-electron chi connectivity index (χ2n) is 5.81. The van der Waals surface area contributed by atoms with Gasteiger partial charge in [0.25, 0.3) is 0 Å². The molecule has 24 heavy (non-hydrogen) atoms. The normalized spacial score (nSPS) is 20.8. The fourth-order valence-corrected chi connectivity index (χ4v) is 4.37. The van der Waals surface area contributed by atoms with E-state index < -0.39 is 15.8 Å². The van der Waals surface area contributed by atoms with Crippen molar-refractivity contribution >= 4 is 21.8 Å². The van der Waals surface area contributed by atoms with Crippen LogP contribution in [0.25, 0.3) is 0 Å². The van der Waals surface area contributed by atoms with E-state index in [1.165, 1.54) is 27.4 Å². The van der Waals surface area contributed by atoms with Crippen molar-refractivity contribution in [3.05, 3.63) is 30.1 Å². The van der Waals surface area contributed by atoms with Gasteiger partial charge in [0, 0.05) is 39.0 Å². The smallest absolute Gasteiger partial charge is 0.246 e. The Kier molecular flexibility index (Phi) is 4.66. The summed E-state index contributed by atoms with van der Waals surface area (Å²) < 4.78 is 40.0. The number of carbonyl (C=O) groups excluding carboxylic acids is 2. The third kappa shape index (κ3) is 3.19. The van der Waals surface area contributed by atoms with Gasteiger partial charge in [-0.1, -0.05) is 12.1 Å². The predicted octanol–water partition coefficient (Wildman–Crippen LogP) is 0.239. The molecule has 7 nitrogen and oxygen atoms in total. The van der Waals surface area contributed by atoms with Crippen LogP contribution in [-0.2, 0) is 19.6 Å². The van der Waals surface area contributed by atoms with E-state index in [-0.39, 0.29) is 49.3 Å². The molecule has 0 atom stereocenters. The Hall–Kier alpha value is -1.84. The first-order chi connectivity index (χ1) is 11.4. The maximum absolute atomic E-state index is 13.8. The van der Waals surface area contributed by atoms with Crippen molar-refractivity contribution < 1.29 is 22.4 Å². The van der Waals surface area contributed by atoms with Crippen LogP contribution in [0.1, 0.15) is 12.8 Å². The highest BCUT2D eigenvalue weighted by atomic mass is 32.2. The van der Waals surface area contributed by atoms with Gasteiger partial charge in [0.1, 0.15) is 10.7 Å². The van der Waals surface area contributed by atoms with Crippen LogP contribution in [-0.4, -0.2) is 67.2 Å². The van der Waals surface area contributed by atoms with E-state index in [9.17, 15) is 22.4 Å². The van der Waals surface area contributed by atoms with E-state index in [2.05, 4.69) is 0 Å². The van der Waals surface area contributed by atoms with Gasteiger partial charge in [-0.2, -0.15) is 4.31 Å². The zero-order valence-electron chi connectivity index (χ0n) is 13.0. The van der Waals surface area contributed by atoms with Crippen LogP contribution >= 0.6 is 0 Å². The number of amides is 2. The lowest BCUT2D eigenvalue weighted by atomic mass is 10.3. The molecule has 0 saturated carbocycles. The van der Waals surface area contributed by atoms with E-state index in [0.717, 1.165) is 6.07 Å². The van der Waals surface area contributed by atoms with Crippen molar-refractivity contribution in [1.29, 1.82) is 0 Å². The molecule has 0 bridgehead atoms. The van der Waals surface area contributed by atoms with E-state index in [1.807, 2.05) is 4.90 Å². The van der Waals surface area contributed by atoms with Crippen LogP contribution in [0.5, 0.6) is 0 Å². The summed E-state index contributed by atoms with van der Waals surface area (Å²) in [5.41, 5.74) is 0. The molecule has 0 aromatic heterocycles. The molecule has 2 saturated heterocycles. The first-order valence-electron chi connectivity index (χ1n) is 7.70. The number of rotatable bonds is 4. The van der Waals surface area contributed by atoms with Gasteiger partial charge in [-0.05, 0) is 12.1 Å². The van der Waals surface area contributed by atoms with Gasteiger partial charge in [-0.3, -0.25) is 19.4 Å². The van der Waals surface area contributed by atoms with Gasteiger partial charge in [0.15, 0.2) is 0 Å². The van der Waals surface area contributed by atoms with E-state index in [4.69, 9.17) is 0 Å². The van der Waals surface area contributed by atoms with Crippen LogP contribution in [0.15, 0.2) is 29.2 Å². The van der Waals surface area contributed by atoms with Crippen LogP contribution in [0.2, 0.25) is 0 Å². The van der Waals surface area contributed by atoms with Crippen molar-refractivity contribution in [2.75, 3.05) is 32.8 Å². The highest BCUT2D eigenvalue weighted by Crippen LogP contribution is 2.21. The molecule has 9 heteroatoms. The first kappa shape index (κ1) is 17.0. The molecule has 2 aliphatic heterocycles. The Bertz CT molecular complexity index is 744. The molecule has 2 aliphatic rings. The summed E-state index contributed by atoms with van der Waals surface area (Å²) in [6.07, 6.45) is 0.473. The molecular weight excluding hydrogens is 337 g/mol. The molecule has 0 spiro atoms. The first-order valence-corrected chi connectivity index (χ1v) is 9.14. The Morgan fingerprint density at radius 3 is 2.12 bits per heavy atom. The van der Waals surface area contributed by atoms with Crippen molar-refractivity contribution in [2.24, 2.45) is 0 Å². The molecular formula is C15H18FN3O4S. The van der Waals surface area contributed by atoms with E-state index >= 15 is 0 Å². The number of likely N-dealkylation sites (tertiary alicyclic amines) is 1. The monoisotopic (exact) mass is 355 g/mol. The molecule has 2 amide bonds. The number of imide groups is 1. The van der Waals surface area contributed by atoms with Crippen LogP contribution in [0, 0.1) is 5.82 Å². The highest BCUT2D eigenvalue weighted by Gasteiger charge is 2.34. The quantitative estimate of drug-likeness (QED) is 0.723. The van der Waals surface area contributed by atoms with Crippen molar-refractivity contribution in [1.82, 2.24) is 14.1 Å². The minimum absolute atomic E-state index is 0.186. The topological polar surface area (TPSA) is 78.0 Å². The van der Waals surface area contributed by atoms with Crippen LogP contribution in [0.4, 0.5) is 4.39 Å². The Morgan fingerprint density at radius 1 is 0.958 bits per heavy atom.